The highest BCUT2D eigenvalue weighted by atomic mass is 19.4. The second kappa shape index (κ2) is 10.0. The number of fused-ring (bicyclic) bond motifs is 1. The van der Waals surface area contributed by atoms with E-state index >= 15 is 0 Å². The van der Waals surface area contributed by atoms with E-state index in [2.05, 4.69) is 10.2 Å². The molecule has 2 heterocycles. The maximum Gasteiger partial charge on any atom is 0.417 e. The molecule has 0 radical (unpaired) electrons. The molecule has 1 aliphatic heterocycles. The Kier molecular flexibility index (Phi) is 6.75. The predicted molar refractivity (Wildman–Crippen MR) is 135 cm³/mol. The molecule has 5 rings (SSSR count). The van der Waals surface area contributed by atoms with Gasteiger partial charge in [0, 0.05) is 36.5 Å². The first-order chi connectivity index (χ1) is 18.2. The Bertz CT molecular complexity index is 1490. The summed E-state index contributed by atoms with van der Waals surface area (Å²) in [5.74, 6) is -1.25. The number of carbonyl (C=O) groups excluding carboxylic acids is 1. The summed E-state index contributed by atoms with van der Waals surface area (Å²) in [7, 11) is 1.46. The molecule has 1 aromatic heterocycles. The van der Waals surface area contributed by atoms with Crippen molar-refractivity contribution in [3.63, 3.8) is 0 Å². The minimum Gasteiger partial charge on any atom is -0.392 e. The lowest BCUT2D eigenvalue weighted by molar-refractivity contribution is -0.138. The first kappa shape index (κ1) is 25.6. The number of anilines is 1. The quantitative estimate of drug-likeness (QED) is 0.359. The molecular formula is C28H24F4N4O2. The minimum absolute atomic E-state index is 0.0581. The molecule has 0 aliphatic carbocycles. The smallest absolute Gasteiger partial charge is 0.392 e. The number of hydrogen-bond donors (Lipinski definition) is 1. The number of aliphatic hydroxyl groups is 1. The van der Waals surface area contributed by atoms with Gasteiger partial charge in [-0.05, 0) is 30.2 Å². The van der Waals surface area contributed by atoms with Gasteiger partial charge in [-0.2, -0.15) is 13.2 Å². The molecular weight excluding hydrogens is 500 g/mol. The van der Waals surface area contributed by atoms with Crippen molar-refractivity contribution in [1.29, 1.82) is 0 Å². The van der Waals surface area contributed by atoms with Crippen molar-refractivity contribution in [1.82, 2.24) is 15.1 Å². The zero-order chi connectivity index (χ0) is 27.0. The SMILES string of the molecule is CN(C(=O)c1ccc(F)cc1C(F)(F)F)C1CCN(c2nnc(-c3ccc(CO)cc3)c3ccccc23)C1. The summed E-state index contributed by atoms with van der Waals surface area (Å²) in [6.07, 6.45) is -4.34. The number of hydrogen-bond acceptors (Lipinski definition) is 5. The number of nitrogens with zero attached hydrogens (tertiary/aromatic N) is 4. The Morgan fingerprint density at radius 2 is 1.76 bits per heavy atom. The molecule has 0 bridgehead atoms. The third kappa shape index (κ3) is 4.79. The Hall–Kier alpha value is -4.05. The van der Waals surface area contributed by atoms with Crippen molar-refractivity contribution in [2.45, 2.75) is 25.2 Å². The summed E-state index contributed by atoms with van der Waals surface area (Å²) >= 11 is 0. The summed E-state index contributed by atoms with van der Waals surface area (Å²) < 4.78 is 54.0. The zero-order valence-corrected chi connectivity index (χ0v) is 20.4. The molecule has 1 atom stereocenters. The standard InChI is InChI=1S/C28H24F4N4O2/c1-35(27(38)23-11-10-19(29)14-24(23)28(30,31)32)20-12-13-36(15-20)26-22-5-3-2-4-21(22)25(33-34-26)18-8-6-17(16-37)7-9-18/h2-11,14,20,37H,12-13,15-16H2,1H3. The Balaban J connectivity index is 1.41. The van der Waals surface area contributed by atoms with E-state index in [0.29, 0.717) is 37.1 Å². The van der Waals surface area contributed by atoms with Crippen LogP contribution in [0.3, 0.4) is 0 Å². The highest BCUT2D eigenvalue weighted by Gasteiger charge is 2.38. The van der Waals surface area contributed by atoms with E-state index in [-0.39, 0.29) is 12.6 Å². The fraction of sp³-hybridized carbons (Fsp3) is 0.250. The lowest BCUT2D eigenvalue weighted by Crippen LogP contribution is -2.40. The lowest BCUT2D eigenvalue weighted by atomic mass is 10.0. The van der Waals surface area contributed by atoms with E-state index in [1.807, 2.05) is 53.4 Å². The van der Waals surface area contributed by atoms with Crippen LogP contribution in [0.5, 0.6) is 0 Å². The molecule has 196 valence electrons. The van der Waals surface area contributed by atoms with Gasteiger partial charge in [-0.15, -0.1) is 10.2 Å². The molecule has 1 saturated heterocycles. The number of amides is 1. The van der Waals surface area contributed by atoms with Crippen molar-refractivity contribution < 1.29 is 27.5 Å². The molecule has 0 saturated carbocycles. The van der Waals surface area contributed by atoms with Crippen molar-refractivity contribution in [2.24, 2.45) is 0 Å². The van der Waals surface area contributed by atoms with Crippen molar-refractivity contribution in [3.8, 4) is 11.3 Å². The van der Waals surface area contributed by atoms with E-state index in [1.54, 1.807) is 0 Å². The second-order valence-corrected chi connectivity index (χ2v) is 9.27. The predicted octanol–water partition coefficient (Wildman–Crippen LogP) is 5.30. The number of aromatic nitrogens is 2. The van der Waals surface area contributed by atoms with Crippen LogP contribution in [0.15, 0.2) is 66.7 Å². The molecule has 1 fully saturated rings. The van der Waals surface area contributed by atoms with Gasteiger partial charge < -0.3 is 14.9 Å². The van der Waals surface area contributed by atoms with Gasteiger partial charge in [0.05, 0.1) is 23.8 Å². The molecule has 38 heavy (non-hydrogen) atoms. The average molecular weight is 525 g/mol. The highest BCUT2D eigenvalue weighted by Crippen LogP contribution is 2.35. The van der Waals surface area contributed by atoms with Crippen molar-refractivity contribution in [3.05, 3.63) is 89.2 Å². The van der Waals surface area contributed by atoms with E-state index in [4.69, 9.17) is 0 Å². The fourth-order valence-electron chi connectivity index (χ4n) is 4.85. The van der Waals surface area contributed by atoms with Crippen molar-refractivity contribution >= 4 is 22.5 Å². The van der Waals surface area contributed by atoms with Gasteiger partial charge in [0.2, 0.25) is 0 Å². The zero-order valence-electron chi connectivity index (χ0n) is 20.4. The fourth-order valence-corrected chi connectivity index (χ4v) is 4.85. The van der Waals surface area contributed by atoms with E-state index < -0.39 is 29.0 Å². The monoisotopic (exact) mass is 524 g/mol. The molecule has 1 N–H and O–H groups in total. The lowest BCUT2D eigenvalue weighted by Gasteiger charge is -2.26. The topological polar surface area (TPSA) is 69.6 Å². The molecule has 1 amide bonds. The van der Waals surface area contributed by atoms with Gasteiger partial charge in [-0.25, -0.2) is 4.39 Å². The molecule has 0 spiro atoms. The Morgan fingerprint density at radius 1 is 1.05 bits per heavy atom. The molecule has 4 aromatic rings. The molecule has 1 unspecified atom stereocenters. The van der Waals surface area contributed by atoms with Crippen LogP contribution >= 0.6 is 0 Å². The van der Waals surface area contributed by atoms with E-state index in [9.17, 15) is 27.5 Å². The summed E-state index contributed by atoms with van der Waals surface area (Å²) in [6, 6.07) is 16.8. The van der Waals surface area contributed by atoms with Crippen LogP contribution in [0.1, 0.15) is 27.9 Å². The minimum atomic E-state index is -4.86. The van der Waals surface area contributed by atoms with Crippen LogP contribution in [0.4, 0.5) is 23.4 Å². The van der Waals surface area contributed by atoms with Gasteiger partial charge >= 0.3 is 6.18 Å². The van der Waals surface area contributed by atoms with Gasteiger partial charge in [0.25, 0.3) is 5.91 Å². The number of halogens is 4. The third-order valence-electron chi connectivity index (χ3n) is 6.93. The van der Waals surface area contributed by atoms with E-state index in [1.165, 1.54) is 11.9 Å². The van der Waals surface area contributed by atoms with E-state index in [0.717, 1.165) is 34.0 Å². The number of aliphatic hydroxyl groups excluding tert-OH is 1. The first-order valence-corrected chi connectivity index (χ1v) is 12.0. The second-order valence-electron chi connectivity index (χ2n) is 9.27. The number of carbonyl (C=O) groups is 1. The summed E-state index contributed by atoms with van der Waals surface area (Å²) in [5, 5.41) is 20.0. The molecule has 1 aliphatic rings. The van der Waals surface area contributed by atoms with Crippen LogP contribution in [-0.4, -0.2) is 52.3 Å². The Morgan fingerprint density at radius 3 is 2.45 bits per heavy atom. The summed E-state index contributed by atoms with van der Waals surface area (Å²) in [5.41, 5.74) is 0.451. The first-order valence-electron chi connectivity index (χ1n) is 12.0. The largest absolute Gasteiger partial charge is 0.417 e. The van der Waals surface area contributed by atoms with Gasteiger partial charge in [-0.1, -0.05) is 48.5 Å². The molecule has 10 heteroatoms. The van der Waals surface area contributed by atoms with Crippen LogP contribution in [-0.2, 0) is 12.8 Å². The third-order valence-corrected chi connectivity index (χ3v) is 6.93. The summed E-state index contributed by atoms with van der Waals surface area (Å²) in [6.45, 7) is 0.826. The number of likely N-dealkylation sites (N-methyl/N-ethyl adjacent to an activating group) is 1. The molecule has 3 aromatic carbocycles. The summed E-state index contributed by atoms with van der Waals surface area (Å²) in [4.78, 5) is 16.3. The molecule has 6 nitrogen and oxygen atoms in total. The number of rotatable bonds is 5. The van der Waals surface area contributed by atoms with Crippen LogP contribution in [0.25, 0.3) is 22.0 Å². The maximum absolute atomic E-state index is 13.5. The normalized spacial score (nSPS) is 15.7. The van der Waals surface area contributed by atoms with Crippen LogP contribution < -0.4 is 4.90 Å². The number of alkyl halides is 3. The highest BCUT2D eigenvalue weighted by molar-refractivity contribution is 6.00. The van der Waals surface area contributed by atoms with Crippen LogP contribution in [0, 0.1) is 5.82 Å². The van der Waals surface area contributed by atoms with Gasteiger partial charge in [0.15, 0.2) is 5.82 Å². The Labute approximate surface area is 216 Å². The maximum atomic E-state index is 13.5. The number of benzene rings is 3. The van der Waals surface area contributed by atoms with Crippen molar-refractivity contribution in [2.75, 3.05) is 25.0 Å². The van der Waals surface area contributed by atoms with Gasteiger partial charge in [0.1, 0.15) is 11.5 Å². The van der Waals surface area contributed by atoms with Crippen LogP contribution in [0.2, 0.25) is 0 Å². The van der Waals surface area contributed by atoms with Gasteiger partial charge in [-0.3, -0.25) is 4.79 Å². The average Bonchev–Trinajstić information content (AvgIpc) is 3.41.